The van der Waals surface area contributed by atoms with Crippen LogP contribution in [0.1, 0.15) is 69.0 Å². The van der Waals surface area contributed by atoms with Crippen molar-refractivity contribution in [3.63, 3.8) is 0 Å². The number of cyclic esters (lactones) is 1. The predicted molar refractivity (Wildman–Crippen MR) is 195 cm³/mol. The number of ether oxygens (including phenoxy) is 5. The van der Waals surface area contributed by atoms with Crippen molar-refractivity contribution in [1.82, 2.24) is 9.55 Å². The van der Waals surface area contributed by atoms with E-state index in [0.717, 1.165) is 16.7 Å². The summed E-state index contributed by atoms with van der Waals surface area (Å²) in [6, 6.07) is 28.2. The molecule has 1 saturated heterocycles. The van der Waals surface area contributed by atoms with Gasteiger partial charge in [-0.05, 0) is 65.1 Å². The van der Waals surface area contributed by atoms with E-state index in [0.29, 0.717) is 35.8 Å². The molecule has 1 amide bonds. The first-order chi connectivity index (χ1) is 25.0. The van der Waals surface area contributed by atoms with Gasteiger partial charge in [0.25, 0.3) is 0 Å². The molecule has 4 atom stereocenters. The number of nitrogens with zero attached hydrogens (tertiary/aromatic N) is 3. The van der Waals surface area contributed by atoms with E-state index in [-0.39, 0.29) is 30.4 Å². The summed E-state index contributed by atoms with van der Waals surface area (Å²) in [7, 11) is 3.26. The van der Waals surface area contributed by atoms with Crippen LogP contribution in [0.15, 0.2) is 89.9 Å². The maximum absolute atomic E-state index is 13.4. The van der Waals surface area contributed by atoms with E-state index >= 15 is 0 Å². The Balaban J connectivity index is 1.43. The van der Waals surface area contributed by atoms with E-state index in [1.807, 2.05) is 78.9 Å². The Labute approximate surface area is 304 Å². The van der Waals surface area contributed by atoms with Gasteiger partial charge in [0.2, 0.25) is 0 Å². The Kier molecular flexibility index (Phi) is 10.7. The van der Waals surface area contributed by atoms with Gasteiger partial charge in [0, 0.05) is 17.7 Å². The number of nitrogens with one attached hydrogen (secondary N) is 1. The molecule has 272 valence electrons. The fraction of sp³-hybridized carbons (Fsp3) is 0.415. The van der Waals surface area contributed by atoms with Gasteiger partial charge in [-0.15, -0.1) is 0 Å². The van der Waals surface area contributed by atoms with Crippen LogP contribution >= 0.6 is 0 Å². The van der Waals surface area contributed by atoms with E-state index in [9.17, 15) is 14.9 Å². The van der Waals surface area contributed by atoms with Crippen molar-refractivity contribution < 1.29 is 28.5 Å². The number of anilines is 1. The molecule has 2 aliphatic rings. The molecule has 2 aliphatic heterocycles. The van der Waals surface area contributed by atoms with Crippen LogP contribution in [0, 0.1) is 34.5 Å². The average Bonchev–Trinajstić information content (AvgIpc) is 3.58. The van der Waals surface area contributed by atoms with Gasteiger partial charge < -0.3 is 23.7 Å². The minimum absolute atomic E-state index is 0.0240. The predicted octanol–water partition coefficient (Wildman–Crippen LogP) is 7.45. The molecule has 0 saturated carbocycles. The molecule has 6 rings (SSSR count). The number of methoxy groups -OCH3 is 2. The normalized spacial score (nSPS) is 19.3. The quantitative estimate of drug-likeness (QED) is 0.141. The second-order valence-corrected chi connectivity index (χ2v) is 14.4. The van der Waals surface area contributed by atoms with Crippen molar-refractivity contribution in [2.45, 2.75) is 65.1 Å². The topological polar surface area (TPSA) is 134 Å². The lowest BCUT2D eigenvalue weighted by Crippen LogP contribution is -2.38. The standard InChI is InChI=1S/C41H46N4O7/c1-26(2)40(3,4)21-27(22-42)34-20-36(45-23-28-24-50-39(47)44-37(28)43-38(45)46)52-35(34)25-51-41(29-10-8-7-9-11-29,30-12-16-32(48-5)17-13-30)31-14-18-33(49-6)19-15-31/h7-19,23,26-27,34-36H,20-21,24-25H2,1-6H3,(H,43,44,46,47)/t27-,34-,35?,36+/m0/s1. The summed E-state index contributed by atoms with van der Waals surface area (Å²) in [5.74, 6) is 1.24. The third-order valence-electron chi connectivity index (χ3n) is 10.8. The summed E-state index contributed by atoms with van der Waals surface area (Å²) in [5, 5.41) is 13.2. The molecule has 52 heavy (non-hydrogen) atoms. The first kappa shape index (κ1) is 36.6. The highest BCUT2D eigenvalue weighted by Crippen LogP contribution is 2.46. The lowest BCUT2D eigenvalue weighted by molar-refractivity contribution is -0.0882. The van der Waals surface area contributed by atoms with Crippen LogP contribution in [0.2, 0.25) is 0 Å². The highest BCUT2D eigenvalue weighted by atomic mass is 16.6. The Hall–Kier alpha value is -5.18. The molecule has 1 N–H and O–H groups in total. The molecule has 1 aromatic heterocycles. The van der Waals surface area contributed by atoms with Gasteiger partial charge in [0.1, 0.15) is 35.8 Å². The number of carbonyl (C=O) groups is 1. The molecule has 3 heterocycles. The van der Waals surface area contributed by atoms with Gasteiger partial charge in [0.05, 0.1) is 38.9 Å². The fourth-order valence-corrected chi connectivity index (χ4v) is 7.09. The molecule has 4 aromatic rings. The molecule has 1 unspecified atom stereocenters. The van der Waals surface area contributed by atoms with Gasteiger partial charge >= 0.3 is 11.8 Å². The minimum Gasteiger partial charge on any atom is -0.497 e. The third kappa shape index (κ3) is 7.27. The zero-order chi connectivity index (χ0) is 37.0. The van der Waals surface area contributed by atoms with Crippen LogP contribution < -0.4 is 20.5 Å². The maximum atomic E-state index is 13.4. The first-order valence-electron chi connectivity index (χ1n) is 17.6. The number of aromatic nitrogens is 2. The average molecular weight is 707 g/mol. The Morgan fingerprint density at radius 3 is 2.10 bits per heavy atom. The molecule has 11 nitrogen and oxygen atoms in total. The van der Waals surface area contributed by atoms with Crippen molar-refractivity contribution in [3.8, 4) is 17.6 Å². The summed E-state index contributed by atoms with van der Waals surface area (Å²) >= 11 is 0. The van der Waals surface area contributed by atoms with Crippen LogP contribution in [0.5, 0.6) is 11.5 Å². The van der Waals surface area contributed by atoms with Gasteiger partial charge in [-0.2, -0.15) is 10.2 Å². The number of rotatable bonds is 13. The minimum atomic E-state index is -1.11. The lowest BCUT2D eigenvalue weighted by atomic mass is 9.70. The Morgan fingerprint density at radius 2 is 1.54 bits per heavy atom. The molecule has 0 spiro atoms. The van der Waals surface area contributed by atoms with E-state index in [2.05, 4.69) is 44.1 Å². The second kappa shape index (κ2) is 15.2. The second-order valence-electron chi connectivity index (χ2n) is 14.4. The number of hydrogen-bond acceptors (Lipinski definition) is 9. The zero-order valence-corrected chi connectivity index (χ0v) is 30.5. The highest BCUT2D eigenvalue weighted by Gasteiger charge is 2.46. The molecule has 0 bridgehead atoms. The Morgan fingerprint density at radius 1 is 0.942 bits per heavy atom. The summed E-state index contributed by atoms with van der Waals surface area (Å²) in [4.78, 5) is 29.3. The fourth-order valence-electron chi connectivity index (χ4n) is 7.09. The van der Waals surface area contributed by atoms with E-state index in [1.165, 1.54) is 4.57 Å². The monoisotopic (exact) mass is 706 g/mol. The van der Waals surface area contributed by atoms with Crippen LogP contribution in [0.4, 0.5) is 10.6 Å². The molecule has 0 radical (unpaired) electrons. The number of benzene rings is 3. The molecule has 0 aliphatic carbocycles. The highest BCUT2D eigenvalue weighted by molar-refractivity contribution is 5.85. The van der Waals surface area contributed by atoms with E-state index < -0.39 is 35.6 Å². The summed E-state index contributed by atoms with van der Waals surface area (Å²) < 4.78 is 31.6. The van der Waals surface area contributed by atoms with Crippen molar-refractivity contribution in [2.24, 2.45) is 23.2 Å². The number of nitriles is 1. The smallest absolute Gasteiger partial charge is 0.413 e. The van der Waals surface area contributed by atoms with Crippen LogP contribution in [0.3, 0.4) is 0 Å². The van der Waals surface area contributed by atoms with Crippen molar-refractivity contribution in [3.05, 3.63) is 118 Å². The molecule has 1 fully saturated rings. The molecular weight excluding hydrogens is 660 g/mol. The van der Waals surface area contributed by atoms with Crippen molar-refractivity contribution >= 4 is 11.9 Å². The largest absolute Gasteiger partial charge is 0.497 e. The summed E-state index contributed by atoms with van der Waals surface area (Å²) in [6.45, 7) is 8.77. The third-order valence-corrected chi connectivity index (χ3v) is 10.8. The van der Waals surface area contributed by atoms with Crippen LogP contribution in [0.25, 0.3) is 0 Å². The van der Waals surface area contributed by atoms with E-state index in [1.54, 1.807) is 20.4 Å². The van der Waals surface area contributed by atoms with Crippen molar-refractivity contribution in [2.75, 3.05) is 26.1 Å². The van der Waals surface area contributed by atoms with Gasteiger partial charge in [0.15, 0.2) is 0 Å². The van der Waals surface area contributed by atoms with Crippen molar-refractivity contribution in [1.29, 1.82) is 5.26 Å². The number of hydrogen-bond donors (Lipinski definition) is 1. The molecule has 11 heteroatoms. The number of amides is 1. The first-order valence-corrected chi connectivity index (χ1v) is 17.6. The van der Waals surface area contributed by atoms with Crippen LogP contribution in [-0.4, -0.2) is 42.6 Å². The number of carbonyl (C=O) groups excluding carboxylic acids is 1. The maximum Gasteiger partial charge on any atom is 0.413 e. The summed E-state index contributed by atoms with van der Waals surface area (Å²) in [5.41, 5.74) is 1.37. The lowest BCUT2D eigenvalue weighted by Gasteiger charge is -2.38. The SMILES string of the molecule is COc1ccc(C(OCC2O[C@@H](n3cc4c(nc3=O)NC(=O)OC4)C[C@H]2[C@H](C#N)CC(C)(C)C(C)C)(c2ccccc2)c2ccc(OC)cc2)cc1. The van der Waals surface area contributed by atoms with Gasteiger partial charge in [-0.1, -0.05) is 82.3 Å². The van der Waals surface area contributed by atoms with Crippen LogP contribution in [-0.2, 0) is 26.4 Å². The number of fused-ring (bicyclic) bond motifs is 1. The molecular formula is C41H46N4O7. The zero-order valence-electron chi connectivity index (χ0n) is 30.5. The van der Waals surface area contributed by atoms with Gasteiger partial charge in [-0.25, -0.2) is 9.59 Å². The summed E-state index contributed by atoms with van der Waals surface area (Å²) in [6.07, 6.45) is 0.682. The Bertz CT molecular complexity index is 1910. The van der Waals surface area contributed by atoms with E-state index in [4.69, 9.17) is 23.7 Å². The van der Waals surface area contributed by atoms with Gasteiger partial charge in [-0.3, -0.25) is 9.88 Å². The molecule has 3 aromatic carbocycles.